The summed E-state index contributed by atoms with van der Waals surface area (Å²) in [7, 11) is 1.41. The van der Waals surface area contributed by atoms with E-state index in [0.717, 1.165) is 16.9 Å². The van der Waals surface area contributed by atoms with Crippen LogP contribution in [0.3, 0.4) is 0 Å². The summed E-state index contributed by atoms with van der Waals surface area (Å²) in [6.07, 6.45) is 4.61. The maximum Gasteiger partial charge on any atom is 0.261 e. The van der Waals surface area contributed by atoms with E-state index < -0.39 is 23.4 Å². The van der Waals surface area contributed by atoms with Crippen LogP contribution in [-0.2, 0) is 19.2 Å². The highest BCUT2D eigenvalue weighted by Crippen LogP contribution is 2.27. The molecule has 1 heterocycles. The Labute approximate surface area is 217 Å². The van der Waals surface area contributed by atoms with E-state index in [1.54, 1.807) is 32.9 Å². The van der Waals surface area contributed by atoms with Crippen molar-refractivity contribution in [3.05, 3.63) is 41.1 Å². The molecule has 3 N–H and O–H groups in total. The highest BCUT2D eigenvalue weighted by Gasteiger charge is 2.31. The molecule has 0 aliphatic carbocycles. The highest BCUT2D eigenvalue weighted by molar-refractivity contribution is 6.04. The molecule has 10 nitrogen and oxygen atoms in total. The lowest BCUT2D eigenvalue weighted by atomic mass is 9.97. The number of hydrogen-bond donors (Lipinski definition) is 2. The smallest absolute Gasteiger partial charge is 0.261 e. The van der Waals surface area contributed by atoms with Crippen molar-refractivity contribution < 1.29 is 24.0 Å². The van der Waals surface area contributed by atoms with Gasteiger partial charge in [-0.3, -0.25) is 24.3 Å². The van der Waals surface area contributed by atoms with Gasteiger partial charge in [0.05, 0.1) is 11.5 Å². The van der Waals surface area contributed by atoms with E-state index in [0.29, 0.717) is 42.5 Å². The number of carbonyl (C=O) groups is 5. The summed E-state index contributed by atoms with van der Waals surface area (Å²) in [6, 6.07) is 4.27. The number of aldehydes is 2. The van der Waals surface area contributed by atoms with E-state index in [-0.39, 0.29) is 18.8 Å². The second-order valence-electron chi connectivity index (χ2n) is 9.21. The lowest BCUT2D eigenvalue weighted by molar-refractivity contribution is -0.131. The molecule has 1 aromatic rings. The lowest BCUT2D eigenvalue weighted by Crippen LogP contribution is -2.48. The van der Waals surface area contributed by atoms with Crippen molar-refractivity contribution >= 4 is 42.7 Å². The summed E-state index contributed by atoms with van der Waals surface area (Å²) >= 11 is 0. The number of aryl methyl sites for hydroxylation is 1. The first kappa shape index (κ1) is 29.0. The summed E-state index contributed by atoms with van der Waals surface area (Å²) in [5, 5.41) is 2.44. The zero-order valence-electron chi connectivity index (χ0n) is 21.6. The second-order valence-corrected chi connectivity index (χ2v) is 9.21. The van der Waals surface area contributed by atoms with Crippen molar-refractivity contribution in [1.29, 1.82) is 0 Å². The molecule has 0 bridgehead atoms. The van der Waals surface area contributed by atoms with E-state index in [2.05, 4.69) is 22.2 Å². The fourth-order valence-electron chi connectivity index (χ4n) is 3.58. The number of amides is 3. The standard InChI is InChI=1S/C27H33N5O5/c1-19-7-10-22(12-23(19)26(37)32(18-35)24(6-5-11-33)25(36)29-4)31-15-21(16-31)9-8-20(13-28)14-30-27(2,3)17-34/h7,10-14,17-18,21,24H,5-6,15-16,28H2,1-4H3,(H,29,36). The number of allylic oxidation sites excluding steroid dienone is 1. The summed E-state index contributed by atoms with van der Waals surface area (Å²) < 4.78 is 0. The SMILES string of the molecule is CNC(=O)C(CCC=O)N(C=O)C(=O)c1cc(N2CC(C#CC(C=NC(C)(C)C=O)=CN)C2)ccc1C. The van der Waals surface area contributed by atoms with Crippen LogP contribution in [0.15, 0.2) is 35.0 Å². The quantitative estimate of drug-likeness (QED) is 0.259. The van der Waals surface area contributed by atoms with Crippen molar-refractivity contribution in [2.75, 3.05) is 25.0 Å². The third-order valence-corrected chi connectivity index (χ3v) is 5.91. The number of rotatable bonds is 11. The first-order valence-corrected chi connectivity index (χ1v) is 11.8. The fourth-order valence-corrected chi connectivity index (χ4v) is 3.58. The largest absolute Gasteiger partial charge is 0.404 e. The maximum atomic E-state index is 13.3. The van der Waals surface area contributed by atoms with E-state index >= 15 is 0 Å². The van der Waals surface area contributed by atoms with Gasteiger partial charge in [-0.2, -0.15) is 0 Å². The minimum atomic E-state index is -1.09. The lowest BCUT2D eigenvalue weighted by Gasteiger charge is -2.38. The van der Waals surface area contributed by atoms with E-state index in [4.69, 9.17) is 5.73 Å². The van der Waals surface area contributed by atoms with Crippen molar-refractivity contribution in [3.8, 4) is 11.8 Å². The summed E-state index contributed by atoms with van der Waals surface area (Å²) in [5.41, 5.74) is 7.01. The molecule has 0 radical (unpaired) electrons. The topological polar surface area (TPSA) is 142 Å². The van der Waals surface area contributed by atoms with Gasteiger partial charge in [-0.25, -0.2) is 0 Å². The number of hydrogen-bond acceptors (Lipinski definition) is 8. The van der Waals surface area contributed by atoms with Crippen molar-refractivity contribution in [3.63, 3.8) is 0 Å². The van der Waals surface area contributed by atoms with Crippen LogP contribution in [0.5, 0.6) is 0 Å². The van der Waals surface area contributed by atoms with E-state index in [1.807, 2.05) is 11.0 Å². The molecule has 1 aromatic carbocycles. The van der Waals surface area contributed by atoms with Gasteiger partial charge in [0.1, 0.15) is 24.2 Å². The molecule has 1 aliphatic rings. The molecular weight excluding hydrogens is 474 g/mol. The second kappa shape index (κ2) is 13.2. The van der Waals surface area contributed by atoms with Gasteiger partial charge in [-0.05, 0) is 44.9 Å². The number of aliphatic imine (C=N–C) groups is 1. The Morgan fingerprint density at radius 3 is 2.57 bits per heavy atom. The predicted octanol–water partition coefficient (Wildman–Crippen LogP) is 1.02. The Balaban J connectivity index is 2.16. The number of imide groups is 1. The summed E-state index contributed by atoms with van der Waals surface area (Å²) in [6.45, 7) is 6.35. The molecule has 1 aliphatic heterocycles. The van der Waals surface area contributed by atoms with Gasteiger partial charge in [-0.15, -0.1) is 0 Å². The molecule has 196 valence electrons. The monoisotopic (exact) mass is 507 g/mol. The van der Waals surface area contributed by atoms with Crippen LogP contribution in [0, 0.1) is 24.7 Å². The van der Waals surface area contributed by atoms with Gasteiger partial charge in [0.2, 0.25) is 12.3 Å². The molecule has 10 heteroatoms. The van der Waals surface area contributed by atoms with Crippen molar-refractivity contribution in [2.45, 2.75) is 45.2 Å². The Morgan fingerprint density at radius 1 is 1.30 bits per heavy atom. The average molecular weight is 508 g/mol. The van der Waals surface area contributed by atoms with Crippen molar-refractivity contribution in [2.24, 2.45) is 16.6 Å². The Morgan fingerprint density at radius 2 is 2.00 bits per heavy atom. The number of nitrogens with two attached hydrogens (primary N) is 1. The van der Waals surface area contributed by atoms with Crippen LogP contribution in [0.4, 0.5) is 5.69 Å². The van der Waals surface area contributed by atoms with Gasteiger partial charge in [0, 0.05) is 50.2 Å². The molecule has 3 amide bonds. The fraction of sp³-hybridized carbons (Fsp3) is 0.407. The molecule has 0 aromatic heterocycles. The van der Waals surface area contributed by atoms with Gasteiger partial charge in [0.15, 0.2) is 0 Å². The third kappa shape index (κ3) is 7.61. The van der Waals surface area contributed by atoms with Crippen LogP contribution >= 0.6 is 0 Å². The minimum Gasteiger partial charge on any atom is -0.404 e. The minimum absolute atomic E-state index is 0.0344. The van der Waals surface area contributed by atoms with Crippen LogP contribution in [0.1, 0.15) is 42.6 Å². The van der Waals surface area contributed by atoms with E-state index in [9.17, 15) is 24.0 Å². The van der Waals surface area contributed by atoms with Gasteiger partial charge < -0.3 is 25.5 Å². The van der Waals surface area contributed by atoms with Crippen LogP contribution in [-0.4, -0.2) is 73.6 Å². The van der Waals surface area contributed by atoms with Crippen molar-refractivity contribution in [1.82, 2.24) is 10.2 Å². The Bertz CT molecular complexity index is 1160. The molecule has 1 fully saturated rings. The Kier molecular flexibility index (Phi) is 10.3. The Hall–Kier alpha value is -4.26. The van der Waals surface area contributed by atoms with Crippen LogP contribution < -0.4 is 16.0 Å². The number of carbonyl (C=O) groups excluding carboxylic acids is 5. The number of nitrogens with zero attached hydrogens (tertiary/aromatic N) is 3. The number of anilines is 1. The molecule has 1 atom stereocenters. The molecule has 1 saturated heterocycles. The summed E-state index contributed by atoms with van der Waals surface area (Å²) in [5.74, 6) is 5.05. The zero-order valence-corrected chi connectivity index (χ0v) is 21.6. The predicted molar refractivity (Wildman–Crippen MR) is 141 cm³/mol. The number of likely N-dealkylation sites (N-methyl/N-ethyl adjacent to an activating group) is 1. The normalized spacial score (nSPS) is 14.7. The molecular formula is C27H33N5O5. The molecule has 37 heavy (non-hydrogen) atoms. The number of nitrogens with one attached hydrogen (secondary N) is 1. The van der Waals surface area contributed by atoms with Gasteiger partial charge in [0.25, 0.3) is 5.91 Å². The molecule has 1 unspecified atom stereocenters. The molecule has 0 spiro atoms. The van der Waals surface area contributed by atoms with Gasteiger partial charge in [-0.1, -0.05) is 17.9 Å². The molecule has 0 saturated carbocycles. The number of benzene rings is 1. The van der Waals surface area contributed by atoms with Gasteiger partial charge >= 0.3 is 0 Å². The zero-order chi connectivity index (χ0) is 27.6. The van der Waals surface area contributed by atoms with Crippen LogP contribution in [0.25, 0.3) is 0 Å². The van der Waals surface area contributed by atoms with E-state index in [1.165, 1.54) is 19.5 Å². The first-order valence-electron chi connectivity index (χ1n) is 11.8. The first-order chi connectivity index (χ1) is 17.6. The molecule has 2 rings (SSSR count). The average Bonchev–Trinajstić information content (AvgIpc) is 2.87. The summed E-state index contributed by atoms with van der Waals surface area (Å²) in [4.78, 5) is 66.3. The highest BCUT2D eigenvalue weighted by atomic mass is 16.2. The maximum absolute atomic E-state index is 13.3. The third-order valence-electron chi connectivity index (χ3n) is 5.91. The van der Waals surface area contributed by atoms with Crippen LogP contribution in [0.2, 0.25) is 0 Å².